The Bertz CT molecular complexity index is 1090. The molecule has 0 saturated heterocycles. The molecule has 0 fully saturated rings. The van der Waals surface area contributed by atoms with E-state index in [-0.39, 0.29) is 23.1 Å². The number of methoxy groups -OCH3 is 1. The smallest absolute Gasteiger partial charge is 0.337 e. The third kappa shape index (κ3) is 2.97. The summed E-state index contributed by atoms with van der Waals surface area (Å²) in [5.74, 6) is -0.546. The zero-order valence-corrected chi connectivity index (χ0v) is 14.1. The molecule has 2 N–H and O–H groups in total. The SMILES string of the molecule is COC(=O)[C@@H](N)Cc1ccc(-n2c(=O)c3cncnc3n(C)c2=O)cn1. The van der Waals surface area contributed by atoms with E-state index in [2.05, 4.69) is 19.7 Å². The average Bonchev–Trinajstić information content (AvgIpc) is 2.67. The number of rotatable bonds is 4. The van der Waals surface area contributed by atoms with E-state index in [1.165, 1.54) is 37.4 Å². The van der Waals surface area contributed by atoms with Crippen LogP contribution in [0.15, 0.2) is 40.4 Å². The molecule has 134 valence electrons. The highest BCUT2D eigenvalue weighted by atomic mass is 16.5. The van der Waals surface area contributed by atoms with Gasteiger partial charge in [0.2, 0.25) is 0 Å². The van der Waals surface area contributed by atoms with Gasteiger partial charge >= 0.3 is 11.7 Å². The van der Waals surface area contributed by atoms with Crippen LogP contribution in [0.25, 0.3) is 16.7 Å². The van der Waals surface area contributed by atoms with Crippen LogP contribution in [0.2, 0.25) is 0 Å². The fourth-order valence-electron chi connectivity index (χ4n) is 2.55. The monoisotopic (exact) mass is 356 g/mol. The van der Waals surface area contributed by atoms with Gasteiger partial charge in [-0.05, 0) is 12.1 Å². The van der Waals surface area contributed by atoms with Gasteiger partial charge in [0.1, 0.15) is 17.8 Å². The van der Waals surface area contributed by atoms with Gasteiger partial charge < -0.3 is 10.5 Å². The molecule has 26 heavy (non-hydrogen) atoms. The van der Waals surface area contributed by atoms with E-state index in [0.29, 0.717) is 5.69 Å². The van der Waals surface area contributed by atoms with Crippen LogP contribution in [-0.2, 0) is 23.0 Å². The second-order valence-electron chi connectivity index (χ2n) is 5.58. The van der Waals surface area contributed by atoms with Crippen LogP contribution < -0.4 is 17.0 Å². The summed E-state index contributed by atoms with van der Waals surface area (Å²) in [6, 6.07) is 2.31. The summed E-state index contributed by atoms with van der Waals surface area (Å²) in [5, 5.41) is 0.214. The number of aryl methyl sites for hydroxylation is 1. The Hall–Kier alpha value is -3.40. The lowest BCUT2D eigenvalue weighted by Crippen LogP contribution is -2.38. The number of aromatic nitrogens is 5. The first-order chi connectivity index (χ1) is 12.4. The van der Waals surface area contributed by atoms with E-state index in [0.717, 1.165) is 4.57 Å². The van der Waals surface area contributed by atoms with Crippen molar-refractivity contribution in [2.24, 2.45) is 12.8 Å². The van der Waals surface area contributed by atoms with Gasteiger partial charge in [0.15, 0.2) is 5.65 Å². The molecular weight excluding hydrogens is 340 g/mol. The van der Waals surface area contributed by atoms with E-state index < -0.39 is 23.3 Å². The molecular formula is C16H16N6O4. The summed E-state index contributed by atoms with van der Waals surface area (Å²) in [4.78, 5) is 48.6. The van der Waals surface area contributed by atoms with Crippen molar-refractivity contribution < 1.29 is 9.53 Å². The number of hydrogen-bond donors (Lipinski definition) is 1. The van der Waals surface area contributed by atoms with Gasteiger partial charge in [0.25, 0.3) is 5.56 Å². The van der Waals surface area contributed by atoms with E-state index in [1.807, 2.05) is 0 Å². The van der Waals surface area contributed by atoms with Crippen LogP contribution in [0.3, 0.4) is 0 Å². The summed E-state index contributed by atoms with van der Waals surface area (Å²) in [7, 11) is 2.77. The normalized spacial score (nSPS) is 12.1. The number of esters is 1. The lowest BCUT2D eigenvalue weighted by atomic mass is 10.1. The first-order valence-corrected chi connectivity index (χ1v) is 7.64. The maximum atomic E-state index is 12.7. The molecule has 3 aromatic rings. The van der Waals surface area contributed by atoms with Crippen LogP contribution in [0.1, 0.15) is 5.69 Å². The lowest BCUT2D eigenvalue weighted by molar-refractivity contribution is -0.142. The topological polar surface area (TPSA) is 135 Å². The molecule has 3 heterocycles. The van der Waals surface area contributed by atoms with Crippen LogP contribution >= 0.6 is 0 Å². The molecule has 0 saturated carbocycles. The van der Waals surface area contributed by atoms with Crippen molar-refractivity contribution in [3.05, 3.63) is 57.4 Å². The van der Waals surface area contributed by atoms with Gasteiger partial charge in [-0.25, -0.2) is 19.3 Å². The molecule has 0 amide bonds. The van der Waals surface area contributed by atoms with Gasteiger partial charge in [-0.3, -0.25) is 19.1 Å². The minimum atomic E-state index is -0.841. The van der Waals surface area contributed by atoms with Crippen LogP contribution in [0.5, 0.6) is 0 Å². The molecule has 10 nitrogen and oxygen atoms in total. The first kappa shape index (κ1) is 17.4. The molecule has 0 radical (unpaired) electrons. The van der Waals surface area contributed by atoms with Crippen molar-refractivity contribution in [3.63, 3.8) is 0 Å². The number of carbonyl (C=O) groups excluding carboxylic acids is 1. The number of hydrogen-bond acceptors (Lipinski definition) is 8. The molecule has 0 aliphatic rings. The molecule has 3 rings (SSSR count). The van der Waals surface area contributed by atoms with Crippen molar-refractivity contribution >= 4 is 17.0 Å². The van der Waals surface area contributed by atoms with Crippen molar-refractivity contribution in [1.29, 1.82) is 0 Å². The standard InChI is InChI=1S/C16H16N6O4/c1-21-13-11(7-18-8-20-13)14(23)22(16(21)25)10-4-3-9(19-6-10)5-12(17)15(24)26-2/h3-4,6-8,12H,5,17H2,1-2H3/t12-/m0/s1. The number of ether oxygens (including phenoxy) is 1. The highest BCUT2D eigenvalue weighted by molar-refractivity contribution is 5.75. The van der Waals surface area contributed by atoms with Gasteiger partial charge in [0.05, 0.1) is 19.0 Å². The van der Waals surface area contributed by atoms with Gasteiger partial charge in [-0.2, -0.15) is 0 Å². The van der Waals surface area contributed by atoms with E-state index in [4.69, 9.17) is 5.73 Å². The Balaban J connectivity index is 2.04. The van der Waals surface area contributed by atoms with Crippen molar-refractivity contribution in [2.75, 3.05) is 7.11 Å². The molecule has 10 heteroatoms. The maximum Gasteiger partial charge on any atom is 0.337 e. The number of pyridine rings is 1. The summed E-state index contributed by atoms with van der Waals surface area (Å²) in [6.45, 7) is 0. The minimum Gasteiger partial charge on any atom is -0.468 e. The predicted octanol–water partition coefficient (Wildman–Crippen LogP) is -1.08. The van der Waals surface area contributed by atoms with Crippen LogP contribution in [-0.4, -0.2) is 43.2 Å². The number of carbonyl (C=O) groups is 1. The second-order valence-corrected chi connectivity index (χ2v) is 5.58. The summed E-state index contributed by atoms with van der Waals surface area (Å²) >= 11 is 0. The number of fused-ring (bicyclic) bond motifs is 1. The maximum absolute atomic E-state index is 12.7. The number of nitrogens with two attached hydrogens (primary N) is 1. The third-order valence-corrected chi connectivity index (χ3v) is 3.92. The number of nitrogens with zero attached hydrogens (tertiary/aromatic N) is 5. The Kier molecular flexibility index (Phi) is 4.59. The molecule has 0 aliphatic heterocycles. The van der Waals surface area contributed by atoms with Crippen molar-refractivity contribution in [2.45, 2.75) is 12.5 Å². The van der Waals surface area contributed by atoms with Crippen molar-refractivity contribution in [3.8, 4) is 5.69 Å². The summed E-state index contributed by atoms with van der Waals surface area (Å²) < 4.78 is 6.82. The Morgan fingerprint density at radius 3 is 2.69 bits per heavy atom. The van der Waals surface area contributed by atoms with Gasteiger partial charge in [-0.15, -0.1) is 0 Å². The lowest BCUT2D eigenvalue weighted by Gasteiger charge is -2.11. The molecule has 0 aliphatic carbocycles. The van der Waals surface area contributed by atoms with Crippen LogP contribution in [0, 0.1) is 0 Å². The van der Waals surface area contributed by atoms with E-state index in [1.54, 1.807) is 12.1 Å². The highest BCUT2D eigenvalue weighted by Crippen LogP contribution is 2.07. The summed E-state index contributed by atoms with van der Waals surface area (Å²) in [5.41, 5.74) is 5.68. The molecule has 0 bridgehead atoms. The molecule has 0 unspecified atom stereocenters. The zero-order valence-electron chi connectivity index (χ0n) is 14.1. The van der Waals surface area contributed by atoms with Crippen LogP contribution in [0.4, 0.5) is 0 Å². The van der Waals surface area contributed by atoms with Gasteiger partial charge in [0, 0.05) is 25.4 Å². The fourth-order valence-corrected chi connectivity index (χ4v) is 2.55. The Morgan fingerprint density at radius 1 is 1.27 bits per heavy atom. The highest BCUT2D eigenvalue weighted by Gasteiger charge is 2.16. The fraction of sp³-hybridized carbons (Fsp3) is 0.250. The van der Waals surface area contributed by atoms with E-state index >= 15 is 0 Å². The average molecular weight is 356 g/mol. The molecule has 0 spiro atoms. The quantitative estimate of drug-likeness (QED) is 0.583. The Morgan fingerprint density at radius 2 is 2.04 bits per heavy atom. The molecule has 0 aromatic carbocycles. The molecule has 1 atom stereocenters. The van der Waals surface area contributed by atoms with Crippen molar-refractivity contribution in [1.82, 2.24) is 24.1 Å². The minimum absolute atomic E-state index is 0.172. The summed E-state index contributed by atoms with van der Waals surface area (Å²) in [6.07, 6.45) is 4.17. The van der Waals surface area contributed by atoms with E-state index in [9.17, 15) is 14.4 Å². The Labute approximate surface area is 146 Å². The predicted molar refractivity (Wildman–Crippen MR) is 91.9 cm³/mol. The second kappa shape index (κ2) is 6.84. The third-order valence-electron chi connectivity index (χ3n) is 3.92. The first-order valence-electron chi connectivity index (χ1n) is 7.64. The van der Waals surface area contributed by atoms with Gasteiger partial charge in [-0.1, -0.05) is 0 Å². The zero-order chi connectivity index (χ0) is 18.8. The molecule has 3 aromatic heterocycles. The largest absolute Gasteiger partial charge is 0.468 e.